The molecule has 8 heteroatoms. The third-order valence-electron chi connectivity index (χ3n) is 4.24. The minimum atomic E-state index is -4.42. The summed E-state index contributed by atoms with van der Waals surface area (Å²) in [6, 6.07) is 11.5. The van der Waals surface area contributed by atoms with E-state index >= 15 is 0 Å². The van der Waals surface area contributed by atoms with E-state index < -0.39 is 23.6 Å². The predicted octanol–water partition coefficient (Wildman–Crippen LogP) is 4.19. The Morgan fingerprint density at radius 3 is 2.38 bits per heavy atom. The van der Waals surface area contributed by atoms with Gasteiger partial charge in [-0.2, -0.15) is 13.2 Å². The first kappa shape index (κ1) is 20.5. The smallest absolute Gasteiger partial charge is 0.298 e. The van der Waals surface area contributed by atoms with Crippen molar-refractivity contribution in [3.05, 3.63) is 77.9 Å². The second kappa shape index (κ2) is 8.00. The average molecular weight is 416 g/mol. The number of rotatable bonds is 4. The Morgan fingerprint density at radius 2 is 1.76 bits per heavy atom. The van der Waals surface area contributed by atoms with Gasteiger partial charge in [-0.15, -0.1) is 6.58 Å². The van der Waals surface area contributed by atoms with Crippen molar-refractivity contribution in [1.29, 1.82) is 0 Å². The van der Waals surface area contributed by atoms with Crippen LogP contribution in [0.1, 0.15) is 11.1 Å². The van der Waals surface area contributed by atoms with Crippen molar-refractivity contribution in [3.63, 3.8) is 0 Å². The van der Waals surface area contributed by atoms with Crippen molar-refractivity contribution in [2.24, 2.45) is 0 Å². The number of carbonyl (C=O) groups excluding carboxylic acids is 2. The van der Waals surface area contributed by atoms with Gasteiger partial charge >= 0.3 is 6.18 Å². The van der Waals surface area contributed by atoms with Gasteiger partial charge in [0.05, 0.1) is 5.56 Å². The van der Waals surface area contributed by atoms with E-state index in [1.165, 1.54) is 23.1 Å². The van der Waals surface area contributed by atoms with Crippen LogP contribution in [0.15, 0.2) is 66.8 Å². The molecule has 29 heavy (non-hydrogen) atoms. The molecule has 0 spiro atoms. The fourth-order valence-electron chi connectivity index (χ4n) is 2.80. The number of hydrogen-bond acceptors (Lipinski definition) is 3. The second-order valence-electron chi connectivity index (χ2n) is 6.22. The molecule has 0 saturated carbocycles. The highest BCUT2D eigenvalue weighted by Gasteiger charge is 2.32. The molecule has 1 saturated heterocycles. The van der Waals surface area contributed by atoms with E-state index in [1.54, 1.807) is 30.3 Å². The summed E-state index contributed by atoms with van der Waals surface area (Å²) >= 11 is 4.99. The van der Waals surface area contributed by atoms with E-state index in [0.29, 0.717) is 16.7 Å². The van der Waals surface area contributed by atoms with Crippen LogP contribution in [-0.2, 0) is 15.8 Å². The lowest BCUT2D eigenvalue weighted by atomic mass is 10.0. The van der Waals surface area contributed by atoms with E-state index in [2.05, 4.69) is 11.9 Å². The molecule has 1 N–H and O–H groups in total. The highest BCUT2D eigenvalue weighted by Crippen LogP contribution is 2.32. The Kier molecular flexibility index (Phi) is 5.65. The quantitative estimate of drug-likeness (QED) is 0.352. The number of benzene rings is 2. The zero-order valence-corrected chi connectivity index (χ0v) is 15.8. The van der Waals surface area contributed by atoms with Gasteiger partial charge in [-0.05, 0) is 47.1 Å². The van der Waals surface area contributed by atoms with Crippen LogP contribution in [-0.4, -0.2) is 28.4 Å². The lowest BCUT2D eigenvalue weighted by Crippen LogP contribution is -2.53. The maximum absolute atomic E-state index is 12.9. The third kappa shape index (κ3) is 4.43. The summed E-state index contributed by atoms with van der Waals surface area (Å²) in [7, 11) is 0. The van der Waals surface area contributed by atoms with E-state index in [1.807, 2.05) is 0 Å². The molecule has 0 atom stereocenters. The number of alkyl halides is 3. The van der Waals surface area contributed by atoms with Crippen molar-refractivity contribution in [2.45, 2.75) is 6.18 Å². The van der Waals surface area contributed by atoms with Gasteiger partial charge in [-0.3, -0.25) is 19.8 Å². The number of nitrogens with one attached hydrogen (secondary N) is 1. The van der Waals surface area contributed by atoms with E-state index in [4.69, 9.17) is 12.2 Å². The van der Waals surface area contributed by atoms with Gasteiger partial charge in [-0.1, -0.05) is 42.5 Å². The minimum absolute atomic E-state index is 0.0111. The van der Waals surface area contributed by atoms with Gasteiger partial charge in [0.1, 0.15) is 5.57 Å². The van der Waals surface area contributed by atoms with Crippen molar-refractivity contribution in [3.8, 4) is 11.1 Å². The molecule has 2 amide bonds. The molecular weight excluding hydrogens is 401 g/mol. The SMILES string of the molecule is C=CCN1C(=O)/C(=C/c2ccc(-c3cccc(C(F)(F)F)c3)cc2)C(=O)NC1=S. The van der Waals surface area contributed by atoms with Gasteiger partial charge < -0.3 is 0 Å². The fourth-order valence-corrected chi connectivity index (χ4v) is 3.05. The van der Waals surface area contributed by atoms with Gasteiger partial charge in [0.15, 0.2) is 5.11 Å². The predicted molar refractivity (Wildman–Crippen MR) is 108 cm³/mol. The van der Waals surface area contributed by atoms with Crippen LogP contribution in [0, 0.1) is 0 Å². The summed E-state index contributed by atoms with van der Waals surface area (Å²) in [4.78, 5) is 25.9. The molecule has 0 aromatic heterocycles. The Morgan fingerprint density at radius 1 is 1.07 bits per heavy atom. The number of hydrogen-bond donors (Lipinski definition) is 1. The van der Waals surface area contributed by atoms with Crippen LogP contribution in [0.2, 0.25) is 0 Å². The van der Waals surface area contributed by atoms with Crippen LogP contribution in [0.4, 0.5) is 13.2 Å². The highest BCUT2D eigenvalue weighted by molar-refractivity contribution is 7.80. The third-order valence-corrected chi connectivity index (χ3v) is 4.56. The second-order valence-corrected chi connectivity index (χ2v) is 6.61. The highest BCUT2D eigenvalue weighted by atomic mass is 32.1. The van der Waals surface area contributed by atoms with E-state index in [0.717, 1.165) is 12.1 Å². The summed E-state index contributed by atoms with van der Waals surface area (Å²) in [6.07, 6.45) is -1.53. The average Bonchev–Trinajstić information content (AvgIpc) is 2.68. The Hall–Kier alpha value is -3.26. The number of thiocarbonyl (C=S) groups is 1. The first-order valence-corrected chi connectivity index (χ1v) is 8.89. The number of halogens is 3. The van der Waals surface area contributed by atoms with Gasteiger partial charge in [0.25, 0.3) is 11.8 Å². The van der Waals surface area contributed by atoms with Crippen LogP contribution in [0.5, 0.6) is 0 Å². The van der Waals surface area contributed by atoms with E-state index in [9.17, 15) is 22.8 Å². The maximum atomic E-state index is 12.9. The molecule has 1 fully saturated rings. The minimum Gasteiger partial charge on any atom is -0.298 e. The van der Waals surface area contributed by atoms with Crippen LogP contribution in [0.25, 0.3) is 17.2 Å². The molecule has 2 aromatic carbocycles. The molecule has 3 rings (SSSR count). The van der Waals surface area contributed by atoms with Crippen LogP contribution >= 0.6 is 12.2 Å². The van der Waals surface area contributed by atoms with E-state index in [-0.39, 0.29) is 17.2 Å². The topological polar surface area (TPSA) is 49.4 Å². The lowest BCUT2D eigenvalue weighted by Gasteiger charge is -2.27. The van der Waals surface area contributed by atoms with Crippen LogP contribution in [0.3, 0.4) is 0 Å². The largest absolute Gasteiger partial charge is 0.416 e. The molecule has 0 unspecified atom stereocenters. The molecular formula is C21H15F3N2O2S. The zero-order chi connectivity index (χ0) is 21.2. The molecule has 0 bridgehead atoms. The molecule has 1 heterocycles. The summed E-state index contributed by atoms with van der Waals surface area (Å²) in [5, 5.41) is 2.46. The monoisotopic (exact) mass is 416 g/mol. The van der Waals surface area contributed by atoms with Crippen molar-refractivity contribution in [1.82, 2.24) is 10.2 Å². The molecule has 0 aliphatic carbocycles. The van der Waals surface area contributed by atoms with Gasteiger partial charge in [0, 0.05) is 6.54 Å². The van der Waals surface area contributed by atoms with Crippen LogP contribution < -0.4 is 5.32 Å². The number of carbonyl (C=O) groups is 2. The molecule has 148 valence electrons. The van der Waals surface area contributed by atoms with Crippen molar-refractivity contribution >= 4 is 35.2 Å². The first-order valence-electron chi connectivity index (χ1n) is 8.48. The van der Waals surface area contributed by atoms with Crippen molar-refractivity contribution in [2.75, 3.05) is 6.54 Å². The lowest BCUT2D eigenvalue weighted by molar-refractivity contribution is -0.137. The van der Waals surface area contributed by atoms with Gasteiger partial charge in [-0.25, -0.2) is 0 Å². The zero-order valence-electron chi connectivity index (χ0n) is 15.0. The molecule has 2 aromatic rings. The first-order chi connectivity index (χ1) is 13.7. The Bertz CT molecular complexity index is 1030. The Balaban J connectivity index is 1.89. The van der Waals surface area contributed by atoms with Gasteiger partial charge in [0.2, 0.25) is 0 Å². The molecule has 1 aliphatic rings. The number of amides is 2. The van der Waals surface area contributed by atoms with Crippen molar-refractivity contribution < 1.29 is 22.8 Å². The number of nitrogens with zero attached hydrogens (tertiary/aromatic N) is 1. The fraction of sp³-hybridized carbons (Fsp3) is 0.0952. The molecule has 1 aliphatic heterocycles. The summed E-state index contributed by atoms with van der Waals surface area (Å²) < 4.78 is 38.7. The summed E-state index contributed by atoms with van der Waals surface area (Å²) in [5.74, 6) is -1.15. The molecule has 4 nitrogen and oxygen atoms in total. The Labute approximate surface area is 170 Å². The maximum Gasteiger partial charge on any atom is 0.416 e. The normalized spacial score (nSPS) is 16.2. The molecule has 0 radical (unpaired) electrons. The summed E-state index contributed by atoms with van der Waals surface area (Å²) in [5.41, 5.74) is 0.710. The summed E-state index contributed by atoms with van der Waals surface area (Å²) in [6.45, 7) is 3.71. The standard InChI is InChI=1S/C21H15F3N2O2S/c1-2-10-26-19(28)17(18(27)25-20(26)29)11-13-6-8-14(9-7-13)15-4-3-5-16(12-15)21(22,23)24/h2-9,11-12H,1,10H2,(H,25,27,29)/b17-11+.